The number of carbonyl (C=O) groups is 1. The summed E-state index contributed by atoms with van der Waals surface area (Å²) in [5, 5.41) is 3.58. The van der Waals surface area contributed by atoms with Crippen LogP contribution in [0.4, 0.5) is 4.39 Å². The lowest BCUT2D eigenvalue weighted by atomic mass is 10.0. The van der Waals surface area contributed by atoms with E-state index in [1.807, 2.05) is 0 Å². The predicted octanol–water partition coefficient (Wildman–Crippen LogP) is 2.84. The van der Waals surface area contributed by atoms with Gasteiger partial charge in [0.05, 0.1) is 6.61 Å². The van der Waals surface area contributed by atoms with Crippen LogP contribution in [0.25, 0.3) is 0 Å². The van der Waals surface area contributed by atoms with Crippen LogP contribution in [0, 0.1) is 5.82 Å². The zero-order chi connectivity index (χ0) is 13.1. The topological polar surface area (TPSA) is 38.3 Å². The lowest BCUT2D eigenvalue weighted by molar-refractivity contribution is -0.145. The molecule has 1 fully saturated rings. The van der Waals surface area contributed by atoms with E-state index in [0.717, 1.165) is 0 Å². The summed E-state index contributed by atoms with van der Waals surface area (Å²) in [7, 11) is 0. The molecule has 0 saturated carbocycles. The Labute approximate surface area is 110 Å². The van der Waals surface area contributed by atoms with Crippen LogP contribution in [0.15, 0.2) is 18.2 Å². The van der Waals surface area contributed by atoms with Gasteiger partial charge in [-0.1, -0.05) is 11.6 Å². The fourth-order valence-electron chi connectivity index (χ4n) is 2.20. The molecule has 1 saturated heterocycles. The number of benzene rings is 1. The largest absolute Gasteiger partial charge is 0.465 e. The second-order valence-corrected chi connectivity index (χ2v) is 4.70. The molecule has 0 radical (unpaired) electrons. The van der Waals surface area contributed by atoms with Crippen molar-refractivity contribution in [1.29, 1.82) is 0 Å². The Morgan fingerprint density at radius 2 is 2.33 bits per heavy atom. The summed E-state index contributed by atoms with van der Waals surface area (Å²) in [5.74, 6) is -0.580. The van der Waals surface area contributed by atoms with E-state index in [1.54, 1.807) is 13.0 Å². The van der Waals surface area contributed by atoms with Gasteiger partial charge in [-0.05, 0) is 38.0 Å². The van der Waals surface area contributed by atoms with Crippen molar-refractivity contribution in [2.75, 3.05) is 6.61 Å². The second-order valence-electron chi connectivity index (χ2n) is 4.27. The van der Waals surface area contributed by atoms with Gasteiger partial charge >= 0.3 is 5.97 Å². The molecule has 18 heavy (non-hydrogen) atoms. The third-order valence-electron chi connectivity index (χ3n) is 3.05. The summed E-state index contributed by atoms with van der Waals surface area (Å²) in [6, 6.07) is 3.92. The predicted molar refractivity (Wildman–Crippen MR) is 66.9 cm³/mol. The van der Waals surface area contributed by atoms with Gasteiger partial charge in [0.2, 0.25) is 0 Å². The summed E-state index contributed by atoms with van der Waals surface area (Å²) in [5.41, 5.74) is 0.509. The summed E-state index contributed by atoms with van der Waals surface area (Å²) < 4.78 is 18.6. The van der Waals surface area contributed by atoms with Crippen molar-refractivity contribution in [3.8, 4) is 0 Å². The van der Waals surface area contributed by atoms with Crippen LogP contribution in [0.3, 0.4) is 0 Å². The smallest absolute Gasteiger partial charge is 0.323 e. The van der Waals surface area contributed by atoms with Gasteiger partial charge in [-0.2, -0.15) is 0 Å². The molecule has 1 N–H and O–H groups in total. The molecule has 5 heteroatoms. The fraction of sp³-hybridized carbons (Fsp3) is 0.462. The zero-order valence-corrected chi connectivity index (χ0v) is 10.8. The molecule has 0 aromatic heterocycles. The Morgan fingerprint density at radius 1 is 1.56 bits per heavy atom. The number of rotatable bonds is 3. The summed E-state index contributed by atoms with van der Waals surface area (Å²) in [6.45, 7) is 2.12. The second kappa shape index (κ2) is 5.67. The van der Waals surface area contributed by atoms with Crippen LogP contribution in [0.1, 0.15) is 31.4 Å². The highest BCUT2D eigenvalue weighted by molar-refractivity contribution is 6.30. The third kappa shape index (κ3) is 2.82. The first-order valence-corrected chi connectivity index (χ1v) is 6.37. The number of ether oxygens (including phenoxy) is 1. The molecule has 1 heterocycles. The van der Waals surface area contributed by atoms with Crippen LogP contribution < -0.4 is 5.32 Å². The van der Waals surface area contributed by atoms with Gasteiger partial charge in [-0.3, -0.25) is 10.1 Å². The van der Waals surface area contributed by atoms with Gasteiger partial charge in [0, 0.05) is 16.6 Å². The summed E-state index contributed by atoms with van der Waals surface area (Å²) >= 11 is 5.86. The van der Waals surface area contributed by atoms with Crippen LogP contribution in [-0.2, 0) is 9.53 Å². The Bertz CT molecular complexity index is 453. The lowest BCUT2D eigenvalue weighted by Crippen LogP contribution is -2.33. The maximum atomic E-state index is 13.7. The van der Waals surface area contributed by atoms with Gasteiger partial charge in [0.15, 0.2) is 0 Å². The van der Waals surface area contributed by atoms with Gasteiger partial charge in [-0.15, -0.1) is 0 Å². The van der Waals surface area contributed by atoms with Crippen molar-refractivity contribution in [1.82, 2.24) is 5.32 Å². The highest BCUT2D eigenvalue weighted by atomic mass is 35.5. The zero-order valence-electron chi connectivity index (χ0n) is 10.1. The van der Waals surface area contributed by atoms with Gasteiger partial charge in [0.25, 0.3) is 0 Å². The normalized spacial score (nSPS) is 23.1. The number of hydrogen-bond acceptors (Lipinski definition) is 3. The molecule has 1 aromatic rings. The van der Waals surface area contributed by atoms with Gasteiger partial charge in [0.1, 0.15) is 11.9 Å². The Hall–Kier alpha value is -1.13. The number of esters is 1. The van der Waals surface area contributed by atoms with Crippen LogP contribution in [0.2, 0.25) is 5.02 Å². The van der Waals surface area contributed by atoms with Crippen LogP contribution in [0.5, 0.6) is 0 Å². The SMILES string of the molecule is CCOC(=O)[C@H]1CC[C@@H](c2cc(Cl)ccc2F)N1. The number of halogens is 2. The number of nitrogens with one attached hydrogen (secondary N) is 1. The molecule has 1 aromatic carbocycles. The minimum Gasteiger partial charge on any atom is -0.465 e. The molecule has 0 amide bonds. The average molecular weight is 272 g/mol. The maximum absolute atomic E-state index is 13.7. The number of carbonyl (C=O) groups excluding carboxylic acids is 1. The molecule has 2 atom stereocenters. The van der Waals surface area contributed by atoms with E-state index in [9.17, 15) is 9.18 Å². The maximum Gasteiger partial charge on any atom is 0.323 e. The quantitative estimate of drug-likeness (QED) is 0.859. The molecule has 98 valence electrons. The van der Waals surface area contributed by atoms with E-state index in [0.29, 0.717) is 30.0 Å². The van der Waals surface area contributed by atoms with Gasteiger partial charge in [-0.25, -0.2) is 4.39 Å². The molecule has 0 bridgehead atoms. The van der Waals surface area contributed by atoms with E-state index < -0.39 is 0 Å². The monoisotopic (exact) mass is 271 g/mol. The summed E-state index contributed by atoms with van der Waals surface area (Å²) in [6.07, 6.45) is 1.34. The van der Waals surface area contributed by atoms with E-state index in [-0.39, 0.29) is 23.9 Å². The van der Waals surface area contributed by atoms with E-state index in [4.69, 9.17) is 16.3 Å². The standard InChI is InChI=1S/C13H15ClFNO2/c1-2-18-13(17)12-6-5-11(16-12)9-7-8(14)3-4-10(9)15/h3-4,7,11-12,16H,2,5-6H2,1H3/t11-,12+/m0/s1. The van der Waals surface area contributed by atoms with E-state index in [2.05, 4.69) is 5.32 Å². The highest BCUT2D eigenvalue weighted by Gasteiger charge is 2.32. The van der Waals surface area contributed by atoms with Crippen molar-refractivity contribution in [2.24, 2.45) is 0 Å². The lowest BCUT2D eigenvalue weighted by Gasteiger charge is -2.14. The fourth-order valence-corrected chi connectivity index (χ4v) is 2.38. The molecule has 0 spiro atoms. The first-order chi connectivity index (χ1) is 8.61. The van der Waals surface area contributed by atoms with Crippen molar-refractivity contribution >= 4 is 17.6 Å². The third-order valence-corrected chi connectivity index (χ3v) is 3.29. The Kier molecular flexibility index (Phi) is 4.19. The van der Waals surface area contributed by atoms with Crippen LogP contribution >= 0.6 is 11.6 Å². The average Bonchev–Trinajstić information content (AvgIpc) is 2.82. The minimum absolute atomic E-state index is 0.182. The molecule has 1 aliphatic rings. The number of hydrogen-bond donors (Lipinski definition) is 1. The first kappa shape index (κ1) is 13.3. The van der Waals surface area contributed by atoms with Crippen LogP contribution in [-0.4, -0.2) is 18.6 Å². The van der Waals surface area contributed by atoms with Crippen molar-refractivity contribution in [3.63, 3.8) is 0 Å². The van der Waals surface area contributed by atoms with Gasteiger partial charge < -0.3 is 4.74 Å². The Morgan fingerprint density at radius 3 is 3.06 bits per heavy atom. The van der Waals surface area contributed by atoms with E-state index in [1.165, 1.54) is 12.1 Å². The molecule has 0 unspecified atom stereocenters. The molecular weight excluding hydrogens is 257 g/mol. The molecule has 1 aliphatic heterocycles. The highest BCUT2D eigenvalue weighted by Crippen LogP contribution is 2.30. The Balaban J connectivity index is 2.08. The molecule has 3 nitrogen and oxygen atoms in total. The molecule has 0 aliphatic carbocycles. The molecule has 2 rings (SSSR count). The van der Waals surface area contributed by atoms with E-state index >= 15 is 0 Å². The first-order valence-electron chi connectivity index (χ1n) is 5.99. The summed E-state index contributed by atoms with van der Waals surface area (Å²) in [4.78, 5) is 11.6. The minimum atomic E-state index is -0.353. The van der Waals surface area contributed by atoms with Crippen molar-refractivity contribution in [2.45, 2.75) is 31.8 Å². The molecular formula is C13H15ClFNO2. The van der Waals surface area contributed by atoms with Crippen molar-refractivity contribution < 1.29 is 13.9 Å². The van der Waals surface area contributed by atoms with Crippen molar-refractivity contribution in [3.05, 3.63) is 34.6 Å².